The molecule has 8 heteroatoms. The molecule has 0 radical (unpaired) electrons. The third-order valence-electron chi connectivity index (χ3n) is 7.34. The highest BCUT2D eigenvalue weighted by molar-refractivity contribution is 5.72. The average Bonchev–Trinajstić information content (AvgIpc) is 3.32. The van der Waals surface area contributed by atoms with E-state index in [9.17, 15) is 8.78 Å². The normalized spacial score (nSPS) is 21.1. The molecule has 0 aliphatic carbocycles. The Morgan fingerprint density at radius 1 is 1.16 bits per heavy atom. The van der Waals surface area contributed by atoms with Gasteiger partial charge >= 0.3 is 0 Å². The van der Waals surface area contributed by atoms with Crippen LogP contribution in [-0.2, 0) is 0 Å². The van der Waals surface area contributed by atoms with Gasteiger partial charge in [0.1, 0.15) is 0 Å². The van der Waals surface area contributed by atoms with Crippen molar-refractivity contribution in [2.24, 2.45) is 5.92 Å². The van der Waals surface area contributed by atoms with E-state index in [4.69, 9.17) is 0 Å². The lowest BCUT2D eigenvalue weighted by molar-refractivity contribution is 0.0391. The molecule has 1 aliphatic rings. The van der Waals surface area contributed by atoms with Crippen LogP contribution in [0.5, 0.6) is 0 Å². The Morgan fingerprint density at radius 3 is 2.56 bits per heavy atom. The first-order valence-corrected chi connectivity index (χ1v) is 10.9. The fourth-order valence-corrected chi connectivity index (χ4v) is 4.60. The molecule has 4 rings (SSSR count). The summed E-state index contributed by atoms with van der Waals surface area (Å²) in [6.07, 6.45) is 1.70. The maximum Gasteiger partial charge on any atom is 0.264 e. The first kappa shape index (κ1) is 22.3. The second-order valence-electron chi connectivity index (χ2n) is 9.20. The summed E-state index contributed by atoms with van der Waals surface area (Å²) in [7, 11) is 4.20. The van der Waals surface area contributed by atoms with Gasteiger partial charge in [-0.3, -0.25) is 5.10 Å². The van der Waals surface area contributed by atoms with E-state index in [1.165, 1.54) is 6.07 Å². The van der Waals surface area contributed by atoms with Crippen molar-refractivity contribution in [3.05, 3.63) is 48.3 Å². The van der Waals surface area contributed by atoms with Crippen LogP contribution in [0.4, 0.5) is 14.6 Å². The number of nitrogens with zero attached hydrogens (tertiary/aromatic N) is 5. The third kappa shape index (κ3) is 3.99. The highest BCUT2D eigenvalue weighted by Gasteiger charge is 2.41. The smallest absolute Gasteiger partial charge is 0.264 e. The molecule has 1 N–H and O–H groups in total. The maximum atomic E-state index is 13.8. The van der Waals surface area contributed by atoms with Crippen molar-refractivity contribution in [1.82, 2.24) is 25.3 Å². The number of hydrogen-bond donors (Lipinski definition) is 1. The van der Waals surface area contributed by atoms with E-state index >= 15 is 0 Å². The fraction of sp³-hybridized carbons (Fsp3) is 0.458. The molecule has 3 aromatic rings. The molecule has 0 amide bonds. The van der Waals surface area contributed by atoms with Crippen LogP contribution in [0, 0.1) is 5.92 Å². The van der Waals surface area contributed by atoms with Crippen LogP contribution >= 0.6 is 0 Å². The highest BCUT2D eigenvalue weighted by Crippen LogP contribution is 2.37. The molecule has 1 saturated heterocycles. The van der Waals surface area contributed by atoms with Gasteiger partial charge in [0.2, 0.25) is 0 Å². The van der Waals surface area contributed by atoms with Crippen LogP contribution in [0.15, 0.2) is 42.7 Å². The Bertz CT molecular complexity index is 1050. The minimum atomic E-state index is -2.62. The van der Waals surface area contributed by atoms with Crippen molar-refractivity contribution in [2.45, 2.75) is 45.2 Å². The fourth-order valence-electron chi connectivity index (χ4n) is 4.60. The van der Waals surface area contributed by atoms with E-state index in [-0.39, 0.29) is 11.1 Å². The summed E-state index contributed by atoms with van der Waals surface area (Å²) in [5.41, 5.74) is 2.28. The van der Waals surface area contributed by atoms with Crippen LogP contribution in [0.3, 0.4) is 0 Å². The first-order chi connectivity index (χ1) is 15.2. The second-order valence-corrected chi connectivity index (χ2v) is 9.20. The molecule has 3 heterocycles. The van der Waals surface area contributed by atoms with Crippen molar-refractivity contribution in [1.29, 1.82) is 0 Å². The van der Waals surface area contributed by atoms with Gasteiger partial charge in [-0.15, -0.1) is 10.2 Å². The van der Waals surface area contributed by atoms with Crippen LogP contribution in [0.25, 0.3) is 22.4 Å². The molecule has 0 spiro atoms. The number of alkyl halides is 2. The molecule has 32 heavy (non-hydrogen) atoms. The molecule has 1 aromatic carbocycles. The molecule has 170 valence electrons. The number of hydrogen-bond acceptors (Lipinski definition) is 5. The lowest BCUT2D eigenvalue weighted by Crippen LogP contribution is -2.59. The lowest BCUT2D eigenvalue weighted by atomic mass is 9.77. The zero-order valence-electron chi connectivity index (χ0n) is 19.2. The lowest BCUT2D eigenvalue weighted by Gasteiger charge is -2.51. The standard InChI is InChI=1S/C24H30F2N6/c1-15-21(10-11-31(4)24(15,2)3)32(5)22-9-8-20(29-30-22)18-7-6-16(12-19(18)23(25)26)17-13-27-28-14-17/h6-9,12-15,21,23H,10-11H2,1-5H3,(H,27,28). The zero-order chi connectivity index (χ0) is 23.0. The van der Waals surface area contributed by atoms with Gasteiger partial charge in [-0.2, -0.15) is 5.10 Å². The van der Waals surface area contributed by atoms with Crippen LogP contribution < -0.4 is 4.90 Å². The van der Waals surface area contributed by atoms with Crippen LogP contribution in [0.1, 0.15) is 39.2 Å². The molecule has 2 atom stereocenters. The SMILES string of the molecule is CC1C(N(C)c2ccc(-c3ccc(-c4cn[nH]c4)cc3C(F)F)nn2)CCN(C)C1(C)C. The van der Waals surface area contributed by atoms with Gasteiger partial charge in [0.05, 0.1) is 11.9 Å². The molecule has 1 aliphatic heterocycles. The number of likely N-dealkylation sites (tertiary alicyclic amines) is 1. The number of halogens is 2. The van der Waals surface area contributed by atoms with Crippen molar-refractivity contribution in [3.63, 3.8) is 0 Å². The van der Waals surface area contributed by atoms with E-state index in [0.717, 1.165) is 24.3 Å². The van der Waals surface area contributed by atoms with Crippen molar-refractivity contribution in [3.8, 4) is 22.4 Å². The minimum absolute atomic E-state index is 0.0650. The Hall–Kier alpha value is -2.87. The number of piperidine rings is 1. The Balaban J connectivity index is 1.60. The topological polar surface area (TPSA) is 60.9 Å². The highest BCUT2D eigenvalue weighted by atomic mass is 19.3. The Morgan fingerprint density at radius 2 is 1.94 bits per heavy atom. The van der Waals surface area contributed by atoms with E-state index in [2.05, 4.69) is 58.0 Å². The number of nitrogens with one attached hydrogen (secondary N) is 1. The summed E-state index contributed by atoms with van der Waals surface area (Å²) < 4.78 is 27.7. The molecule has 0 saturated carbocycles. The molecule has 2 aromatic heterocycles. The summed E-state index contributed by atoms with van der Waals surface area (Å²) in [6.45, 7) is 7.82. The number of aromatic nitrogens is 4. The van der Waals surface area contributed by atoms with Crippen molar-refractivity contribution < 1.29 is 8.78 Å². The monoisotopic (exact) mass is 440 g/mol. The van der Waals surface area contributed by atoms with Gasteiger partial charge in [0.15, 0.2) is 5.82 Å². The Kier molecular flexibility index (Phi) is 5.99. The number of benzene rings is 1. The van der Waals surface area contributed by atoms with Gasteiger partial charge in [-0.1, -0.05) is 19.1 Å². The summed E-state index contributed by atoms with van der Waals surface area (Å²) in [5.74, 6) is 1.17. The van der Waals surface area contributed by atoms with Crippen molar-refractivity contribution >= 4 is 5.82 Å². The van der Waals surface area contributed by atoms with Crippen molar-refractivity contribution in [2.75, 3.05) is 25.5 Å². The Labute approximate surface area is 187 Å². The van der Waals surface area contributed by atoms with Gasteiger partial charge in [-0.25, -0.2) is 8.78 Å². The molecule has 6 nitrogen and oxygen atoms in total. The average molecular weight is 441 g/mol. The zero-order valence-corrected chi connectivity index (χ0v) is 19.2. The van der Waals surface area contributed by atoms with Gasteiger partial charge in [0.25, 0.3) is 6.43 Å². The number of aromatic amines is 1. The third-order valence-corrected chi connectivity index (χ3v) is 7.34. The largest absolute Gasteiger partial charge is 0.355 e. The van der Waals surface area contributed by atoms with E-state index in [1.807, 2.05) is 13.1 Å². The van der Waals surface area contributed by atoms with Crippen LogP contribution in [0.2, 0.25) is 0 Å². The summed E-state index contributed by atoms with van der Waals surface area (Å²) >= 11 is 0. The molecular formula is C24H30F2N6. The number of H-pyrrole nitrogens is 1. The van der Waals surface area contributed by atoms with Gasteiger partial charge in [0, 0.05) is 48.1 Å². The molecule has 0 bridgehead atoms. The predicted molar refractivity (Wildman–Crippen MR) is 123 cm³/mol. The van der Waals surface area contributed by atoms with E-state index in [1.54, 1.807) is 30.6 Å². The predicted octanol–water partition coefficient (Wildman–Crippen LogP) is 5.03. The first-order valence-electron chi connectivity index (χ1n) is 10.9. The van der Waals surface area contributed by atoms with E-state index < -0.39 is 6.43 Å². The molecule has 2 unspecified atom stereocenters. The minimum Gasteiger partial charge on any atom is -0.355 e. The van der Waals surface area contributed by atoms with Crippen LogP contribution in [-0.4, -0.2) is 57.5 Å². The summed E-state index contributed by atoms with van der Waals surface area (Å²) in [5, 5.41) is 15.3. The molecule has 1 fully saturated rings. The number of anilines is 1. The second kappa shape index (κ2) is 8.58. The van der Waals surface area contributed by atoms with Gasteiger partial charge in [-0.05, 0) is 57.0 Å². The van der Waals surface area contributed by atoms with E-state index in [0.29, 0.717) is 28.8 Å². The summed E-state index contributed by atoms with van der Waals surface area (Å²) in [4.78, 5) is 4.57. The molecular weight excluding hydrogens is 410 g/mol. The summed E-state index contributed by atoms with van der Waals surface area (Å²) in [6, 6.07) is 8.96. The number of rotatable bonds is 5. The quantitative estimate of drug-likeness (QED) is 0.603. The maximum absolute atomic E-state index is 13.8. The van der Waals surface area contributed by atoms with Gasteiger partial charge < -0.3 is 9.80 Å².